The molecule has 568 valence electrons. The summed E-state index contributed by atoms with van der Waals surface area (Å²) in [6, 6.07) is 47.2. The largest absolute Gasteiger partial charge is 0.455 e. The number of aliphatic hydroxyl groups excluding tert-OH is 1. The fourth-order valence-electron chi connectivity index (χ4n) is 13.2. The monoisotopic (exact) mass is 1440 g/mol. The van der Waals surface area contributed by atoms with Gasteiger partial charge < -0.3 is 48.3 Å². The third-order valence-electron chi connectivity index (χ3n) is 19.3. The van der Waals surface area contributed by atoms with E-state index in [4.69, 9.17) is 37.9 Å². The van der Waals surface area contributed by atoms with Crippen LogP contribution in [-0.4, -0.2) is 115 Å². The minimum atomic E-state index is -1.85. The molecular formula is C88H115NO16. The molecule has 6 aromatic carbocycles. The molecule has 0 radical (unpaired) electrons. The molecule has 6 aromatic rings. The standard InChI is InChI=1S/C88H115NO16/c1-3-5-7-9-11-13-15-16-17-18-19-20-21-22-23-24-26-28-30-50-64-75(100-83(93)68-53-39-32-40-54-68)81(91)89-73(77(102-84(94)69-55-41-33-42-56-69)74(99-82(92)67-51-37-31-38-52-67)63-49-29-27-25-14-12-10-8-6-4-2)66-98-88-80(105-87(97)72-61-47-36-48-62-72)79(104-86(96)71-59-45-35-46-60-71)78(76(65-90)101-88)103-85(95)70-57-43-34-44-58-70/h31-48,51-62,73-80,88,90H,3-30,49-50,63-66H2,1-2H3,(H,89,91)/t73-,74+,75+,76+,77-,78+,79-,80+,88+/m0/s1. The number of rotatable bonds is 52. The van der Waals surface area contributed by atoms with Crippen molar-refractivity contribution in [3.8, 4) is 0 Å². The number of hydrogen-bond donors (Lipinski definition) is 2. The van der Waals surface area contributed by atoms with E-state index in [2.05, 4.69) is 19.2 Å². The van der Waals surface area contributed by atoms with Gasteiger partial charge in [0, 0.05) is 0 Å². The molecule has 0 unspecified atom stereocenters. The number of carbonyl (C=O) groups is 7. The average molecular weight is 1440 g/mol. The quantitative estimate of drug-likeness (QED) is 0.0206. The maximum absolute atomic E-state index is 15.7. The van der Waals surface area contributed by atoms with Gasteiger partial charge in [0.15, 0.2) is 36.8 Å². The Labute approximate surface area is 623 Å². The molecule has 0 spiro atoms. The summed E-state index contributed by atoms with van der Waals surface area (Å²) in [6.45, 7) is 2.87. The molecule has 1 aliphatic rings. The highest BCUT2D eigenvalue weighted by Crippen LogP contribution is 2.33. The molecule has 9 atom stereocenters. The summed E-state index contributed by atoms with van der Waals surface area (Å²) in [4.78, 5) is 103. The Hall–Kier alpha value is -8.51. The zero-order valence-corrected chi connectivity index (χ0v) is 62.1. The minimum Gasteiger partial charge on any atom is -0.455 e. The molecule has 7 rings (SSSR count). The number of hydrogen-bond acceptors (Lipinski definition) is 16. The predicted molar refractivity (Wildman–Crippen MR) is 407 cm³/mol. The Kier molecular flexibility index (Phi) is 39.9. The first-order valence-corrected chi connectivity index (χ1v) is 39.2. The topological polar surface area (TPSA) is 226 Å². The van der Waals surface area contributed by atoms with E-state index in [1.807, 2.05) is 0 Å². The predicted octanol–water partition coefficient (Wildman–Crippen LogP) is 19.1. The van der Waals surface area contributed by atoms with Crippen molar-refractivity contribution in [3.63, 3.8) is 0 Å². The fraction of sp³-hybridized carbons (Fsp3) is 0.511. The zero-order valence-electron chi connectivity index (χ0n) is 62.1. The number of ether oxygens (including phenoxy) is 8. The molecule has 0 aliphatic carbocycles. The normalized spacial score (nSPS) is 16.7. The van der Waals surface area contributed by atoms with Gasteiger partial charge in [0.2, 0.25) is 0 Å². The summed E-state index contributed by atoms with van der Waals surface area (Å²) in [7, 11) is 0. The van der Waals surface area contributed by atoms with Crippen LogP contribution in [0.4, 0.5) is 0 Å². The number of nitrogens with one attached hydrogen (secondary N) is 1. The van der Waals surface area contributed by atoms with Crippen LogP contribution in [0.25, 0.3) is 0 Å². The second kappa shape index (κ2) is 50.1. The number of aliphatic hydroxyl groups is 1. The van der Waals surface area contributed by atoms with Gasteiger partial charge in [0.1, 0.15) is 12.2 Å². The lowest BCUT2D eigenvalue weighted by atomic mass is 9.97. The van der Waals surface area contributed by atoms with Crippen LogP contribution >= 0.6 is 0 Å². The molecule has 0 saturated carbocycles. The Bertz CT molecular complexity index is 3380. The second-order valence-corrected chi connectivity index (χ2v) is 27.7. The Morgan fingerprint density at radius 1 is 0.352 bits per heavy atom. The lowest BCUT2D eigenvalue weighted by Crippen LogP contribution is -2.64. The first-order valence-electron chi connectivity index (χ1n) is 39.2. The van der Waals surface area contributed by atoms with Gasteiger partial charge in [-0.15, -0.1) is 0 Å². The summed E-state index contributed by atoms with van der Waals surface area (Å²) in [5, 5.41) is 14.4. The summed E-state index contributed by atoms with van der Waals surface area (Å²) in [5.41, 5.74) is 0.777. The van der Waals surface area contributed by atoms with Gasteiger partial charge >= 0.3 is 35.8 Å². The van der Waals surface area contributed by atoms with E-state index in [9.17, 15) is 33.9 Å². The van der Waals surface area contributed by atoms with Crippen molar-refractivity contribution in [2.75, 3.05) is 13.2 Å². The van der Waals surface area contributed by atoms with Gasteiger partial charge in [0.05, 0.1) is 52.6 Å². The van der Waals surface area contributed by atoms with E-state index in [-0.39, 0.29) is 46.2 Å². The fourth-order valence-corrected chi connectivity index (χ4v) is 13.2. The highest BCUT2D eigenvalue weighted by molar-refractivity contribution is 5.94. The van der Waals surface area contributed by atoms with E-state index >= 15 is 4.79 Å². The number of amides is 1. The van der Waals surface area contributed by atoms with Crippen molar-refractivity contribution in [2.45, 2.75) is 274 Å². The van der Waals surface area contributed by atoms with Crippen LogP contribution in [0.15, 0.2) is 182 Å². The van der Waals surface area contributed by atoms with Crippen molar-refractivity contribution in [3.05, 3.63) is 215 Å². The van der Waals surface area contributed by atoms with Crippen molar-refractivity contribution in [2.24, 2.45) is 0 Å². The summed E-state index contributed by atoms with van der Waals surface area (Å²) < 4.78 is 51.5. The van der Waals surface area contributed by atoms with Gasteiger partial charge in [-0.25, -0.2) is 28.8 Å². The van der Waals surface area contributed by atoms with Crippen LogP contribution < -0.4 is 5.32 Å². The van der Waals surface area contributed by atoms with Crippen LogP contribution in [0.1, 0.15) is 281 Å². The number of benzene rings is 6. The number of unbranched alkanes of at least 4 members (excludes halogenated alkanes) is 28. The van der Waals surface area contributed by atoms with E-state index in [1.54, 1.807) is 146 Å². The summed E-state index contributed by atoms with van der Waals surface area (Å²) in [6.07, 6.45) is 20.8. The third kappa shape index (κ3) is 30.8. The zero-order chi connectivity index (χ0) is 74.3. The van der Waals surface area contributed by atoms with E-state index < -0.39 is 110 Å². The molecule has 1 amide bonds. The average Bonchev–Trinajstić information content (AvgIpc) is 0.777. The van der Waals surface area contributed by atoms with Crippen molar-refractivity contribution >= 4 is 41.7 Å². The van der Waals surface area contributed by atoms with E-state index in [1.165, 1.54) is 139 Å². The maximum atomic E-state index is 15.7. The Morgan fingerprint density at radius 2 is 0.648 bits per heavy atom. The van der Waals surface area contributed by atoms with Gasteiger partial charge in [-0.2, -0.15) is 0 Å². The molecule has 1 saturated heterocycles. The summed E-state index contributed by atoms with van der Waals surface area (Å²) >= 11 is 0. The number of carbonyl (C=O) groups excluding carboxylic acids is 7. The van der Waals surface area contributed by atoms with Crippen molar-refractivity contribution in [1.82, 2.24) is 5.32 Å². The summed E-state index contributed by atoms with van der Waals surface area (Å²) in [5.74, 6) is -5.91. The molecule has 1 fully saturated rings. The van der Waals surface area contributed by atoms with Crippen LogP contribution in [0.2, 0.25) is 0 Å². The van der Waals surface area contributed by atoms with E-state index in [0.717, 1.165) is 70.6 Å². The van der Waals surface area contributed by atoms with Crippen LogP contribution in [0.3, 0.4) is 0 Å². The van der Waals surface area contributed by atoms with Gasteiger partial charge in [-0.3, -0.25) is 4.79 Å². The molecule has 0 aromatic heterocycles. The highest BCUT2D eigenvalue weighted by Gasteiger charge is 2.54. The highest BCUT2D eigenvalue weighted by atomic mass is 16.7. The minimum absolute atomic E-state index is 0.0656. The van der Waals surface area contributed by atoms with E-state index in [0.29, 0.717) is 19.3 Å². The van der Waals surface area contributed by atoms with Crippen LogP contribution in [-0.2, 0) is 42.7 Å². The Morgan fingerprint density at radius 3 is 1.00 bits per heavy atom. The lowest BCUT2D eigenvalue weighted by molar-refractivity contribution is -0.300. The van der Waals surface area contributed by atoms with Gasteiger partial charge in [0.25, 0.3) is 5.91 Å². The SMILES string of the molecule is CCCCCCCCCCCCCCCCCCCCCC[C@@H](OC(=O)c1ccccc1)C(=O)N[C@@H](CO[C@@H]1O[C@H](CO)[C@@H](OC(=O)c2ccccc2)[C@H](OC(=O)c2ccccc2)[C@H]1OC(=O)c1ccccc1)[C@H](OC(=O)c1ccccc1)[C@@H](CCCCCCCCCCCC)OC(=O)c1ccccc1. The molecule has 1 heterocycles. The molecule has 0 bridgehead atoms. The smallest absolute Gasteiger partial charge is 0.338 e. The second-order valence-electron chi connectivity index (χ2n) is 27.7. The molecule has 1 aliphatic heterocycles. The molecular weight excluding hydrogens is 1330 g/mol. The van der Waals surface area contributed by atoms with Crippen molar-refractivity contribution < 1.29 is 76.6 Å². The number of esters is 6. The molecule has 17 nitrogen and oxygen atoms in total. The van der Waals surface area contributed by atoms with Crippen LogP contribution in [0, 0.1) is 0 Å². The first-order chi connectivity index (χ1) is 51.5. The first kappa shape index (κ1) is 83.8. The molecule has 105 heavy (non-hydrogen) atoms. The molecule has 17 heteroatoms. The van der Waals surface area contributed by atoms with Crippen molar-refractivity contribution in [1.29, 1.82) is 0 Å². The Balaban J connectivity index is 1.22. The van der Waals surface area contributed by atoms with Gasteiger partial charge in [-0.05, 0) is 98.5 Å². The lowest BCUT2D eigenvalue weighted by Gasteiger charge is -2.44. The molecule has 2 N–H and O–H groups in total. The maximum Gasteiger partial charge on any atom is 0.338 e. The van der Waals surface area contributed by atoms with Crippen LogP contribution in [0.5, 0.6) is 0 Å². The van der Waals surface area contributed by atoms with Gasteiger partial charge in [-0.1, -0.05) is 303 Å². The third-order valence-corrected chi connectivity index (χ3v) is 19.3.